The number of hydrogen-bond acceptors (Lipinski definition) is 4. The summed E-state index contributed by atoms with van der Waals surface area (Å²) < 4.78 is 10.3. The van der Waals surface area contributed by atoms with E-state index >= 15 is 0 Å². The fourth-order valence-electron chi connectivity index (χ4n) is 1.43. The molecule has 1 rings (SSSR count). The van der Waals surface area contributed by atoms with E-state index in [9.17, 15) is 4.79 Å². The Morgan fingerprint density at radius 2 is 2.00 bits per heavy atom. The van der Waals surface area contributed by atoms with Gasteiger partial charge in [-0.1, -0.05) is 6.92 Å². The molecule has 5 nitrogen and oxygen atoms in total. The van der Waals surface area contributed by atoms with Gasteiger partial charge in [0, 0.05) is 12.8 Å². The minimum Gasteiger partial charge on any atom is -0.491 e. The minimum absolute atomic E-state index is 0.496. The average Bonchev–Trinajstić information content (AvgIpc) is 2.37. The van der Waals surface area contributed by atoms with Gasteiger partial charge in [0.05, 0.1) is 6.61 Å². The first-order chi connectivity index (χ1) is 8.67. The van der Waals surface area contributed by atoms with E-state index in [0.717, 1.165) is 11.4 Å². The summed E-state index contributed by atoms with van der Waals surface area (Å²) in [5, 5.41) is 11.9. The van der Waals surface area contributed by atoms with E-state index in [0.29, 0.717) is 19.6 Å². The average molecular weight is 253 g/mol. The highest BCUT2D eigenvalue weighted by atomic mass is 16.5. The second kappa shape index (κ2) is 7.55. The molecule has 100 valence electrons. The number of hydrogen-bond donors (Lipinski definition) is 2. The first-order valence-corrected chi connectivity index (χ1v) is 5.88. The molecule has 1 unspecified atom stereocenters. The summed E-state index contributed by atoms with van der Waals surface area (Å²) in [4.78, 5) is 10.9. The predicted molar refractivity (Wildman–Crippen MR) is 69.2 cm³/mol. The van der Waals surface area contributed by atoms with Crippen LogP contribution < -0.4 is 10.1 Å². The number of rotatable bonds is 8. The molecule has 0 aromatic heterocycles. The van der Waals surface area contributed by atoms with Gasteiger partial charge in [0.1, 0.15) is 18.4 Å². The number of carboxylic acids is 1. The standard InChI is InChI=1S/C13H19NO4/c1-3-12(13(15)16)14-10-4-6-11(7-5-10)18-9-8-17-2/h4-7,12,14H,3,8-9H2,1-2H3,(H,15,16). The maximum atomic E-state index is 10.9. The third-order valence-corrected chi connectivity index (χ3v) is 2.46. The molecule has 0 aliphatic rings. The maximum Gasteiger partial charge on any atom is 0.326 e. The maximum absolute atomic E-state index is 10.9. The molecule has 0 aliphatic heterocycles. The van der Waals surface area contributed by atoms with Crippen LogP contribution in [-0.2, 0) is 9.53 Å². The van der Waals surface area contributed by atoms with Crippen LogP contribution in [0.25, 0.3) is 0 Å². The number of benzene rings is 1. The number of carboxylic acid groups (broad SMARTS) is 1. The summed E-state index contributed by atoms with van der Waals surface area (Å²) in [7, 11) is 1.62. The van der Waals surface area contributed by atoms with E-state index in [1.807, 2.05) is 6.92 Å². The molecule has 0 spiro atoms. The van der Waals surface area contributed by atoms with Gasteiger partial charge >= 0.3 is 5.97 Å². The summed E-state index contributed by atoms with van der Waals surface area (Å²) >= 11 is 0. The Morgan fingerprint density at radius 3 is 2.50 bits per heavy atom. The second-order valence-electron chi connectivity index (χ2n) is 3.81. The molecule has 1 atom stereocenters. The SMILES string of the molecule is CCC(Nc1ccc(OCCOC)cc1)C(=O)O. The Kier molecular flexibility index (Phi) is 6.00. The molecular formula is C13H19NO4. The Bertz CT molecular complexity index is 364. The fourth-order valence-corrected chi connectivity index (χ4v) is 1.43. The van der Waals surface area contributed by atoms with Crippen molar-refractivity contribution in [3.05, 3.63) is 24.3 Å². The topological polar surface area (TPSA) is 67.8 Å². The summed E-state index contributed by atoms with van der Waals surface area (Å²) in [6, 6.07) is 6.63. The highest BCUT2D eigenvalue weighted by Gasteiger charge is 2.13. The van der Waals surface area contributed by atoms with Gasteiger partial charge in [-0.25, -0.2) is 4.79 Å². The molecule has 2 N–H and O–H groups in total. The Labute approximate surface area is 107 Å². The molecule has 0 amide bonds. The summed E-state index contributed by atoms with van der Waals surface area (Å²) in [6.07, 6.45) is 0.529. The van der Waals surface area contributed by atoms with E-state index < -0.39 is 12.0 Å². The molecule has 0 aliphatic carbocycles. The zero-order chi connectivity index (χ0) is 13.4. The van der Waals surface area contributed by atoms with E-state index in [1.54, 1.807) is 31.4 Å². The van der Waals surface area contributed by atoms with Crippen molar-refractivity contribution in [3.8, 4) is 5.75 Å². The van der Waals surface area contributed by atoms with Gasteiger partial charge in [0.2, 0.25) is 0 Å². The smallest absolute Gasteiger partial charge is 0.326 e. The highest BCUT2D eigenvalue weighted by molar-refractivity contribution is 5.77. The molecule has 0 heterocycles. The molecule has 0 radical (unpaired) electrons. The minimum atomic E-state index is -0.849. The van der Waals surface area contributed by atoms with Crippen molar-refractivity contribution in [3.63, 3.8) is 0 Å². The molecule has 0 saturated heterocycles. The molecule has 0 bridgehead atoms. The predicted octanol–water partition coefficient (Wildman–Crippen LogP) is 1.99. The van der Waals surface area contributed by atoms with Gasteiger partial charge in [-0.2, -0.15) is 0 Å². The van der Waals surface area contributed by atoms with Crippen LogP contribution in [0.5, 0.6) is 5.75 Å². The van der Waals surface area contributed by atoms with E-state index in [1.165, 1.54) is 0 Å². The summed E-state index contributed by atoms with van der Waals surface area (Å²) in [6.45, 7) is 2.86. The number of carbonyl (C=O) groups is 1. The van der Waals surface area contributed by atoms with Crippen LogP contribution in [0.1, 0.15) is 13.3 Å². The van der Waals surface area contributed by atoms with Gasteiger partial charge in [0.25, 0.3) is 0 Å². The monoisotopic (exact) mass is 253 g/mol. The lowest BCUT2D eigenvalue weighted by atomic mass is 10.2. The molecule has 1 aromatic carbocycles. The van der Waals surface area contributed by atoms with Gasteiger partial charge in [-0.05, 0) is 30.7 Å². The number of anilines is 1. The van der Waals surface area contributed by atoms with E-state index in [4.69, 9.17) is 14.6 Å². The van der Waals surface area contributed by atoms with Crippen LogP contribution in [0.15, 0.2) is 24.3 Å². The number of nitrogens with one attached hydrogen (secondary N) is 1. The van der Waals surface area contributed by atoms with Crippen molar-refractivity contribution in [1.82, 2.24) is 0 Å². The lowest BCUT2D eigenvalue weighted by Crippen LogP contribution is -2.28. The third kappa shape index (κ3) is 4.63. The zero-order valence-corrected chi connectivity index (χ0v) is 10.7. The molecule has 18 heavy (non-hydrogen) atoms. The van der Waals surface area contributed by atoms with Crippen LogP contribution in [0.3, 0.4) is 0 Å². The van der Waals surface area contributed by atoms with Gasteiger partial charge in [-0.15, -0.1) is 0 Å². The lowest BCUT2D eigenvalue weighted by molar-refractivity contribution is -0.137. The first kappa shape index (κ1) is 14.3. The lowest BCUT2D eigenvalue weighted by Gasteiger charge is -2.14. The van der Waals surface area contributed by atoms with Gasteiger partial charge < -0.3 is 19.9 Å². The third-order valence-electron chi connectivity index (χ3n) is 2.46. The molecule has 1 aromatic rings. The Hall–Kier alpha value is -1.75. The fraction of sp³-hybridized carbons (Fsp3) is 0.462. The van der Waals surface area contributed by atoms with Crippen LogP contribution in [0, 0.1) is 0 Å². The zero-order valence-electron chi connectivity index (χ0n) is 10.7. The van der Waals surface area contributed by atoms with Crippen LogP contribution in [-0.4, -0.2) is 37.4 Å². The quantitative estimate of drug-likeness (QED) is 0.693. The van der Waals surface area contributed by atoms with Gasteiger partial charge in [-0.3, -0.25) is 0 Å². The molecular weight excluding hydrogens is 234 g/mol. The van der Waals surface area contributed by atoms with Crippen LogP contribution in [0.4, 0.5) is 5.69 Å². The van der Waals surface area contributed by atoms with Gasteiger partial charge in [0.15, 0.2) is 0 Å². The summed E-state index contributed by atoms with van der Waals surface area (Å²) in [5.41, 5.74) is 0.767. The molecule has 0 saturated carbocycles. The number of aliphatic carboxylic acids is 1. The van der Waals surface area contributed by atoms with Crippen molar-refractivity contribution in [2.75, 3.05) is 25.6 Å². The Balaban J connectivity index is 2.51. The first-order valence-electron chi connectivity index (χ1n) is 5.88. The van der Waals surface area contributed by atoms with Crippen LogP contribution in [0.2, 0.25) is 0 Å². The second-order valence-corrected chi connectivity index (χ2v) is 3.81. The van der Waals surface area contributed by atoms with Crippen molar-refractivity contribution in [1.29, 1.82) is 0 Å². The molecule has 5 heteroatoms. The summed E-state index contributed by atoms with van der Waals surface area (Å²) in [5.74, 6) is -0.112. The van der Waals surface area contributed by atoms with Crippen molar-refractivity contribution in [2.24, 2.45) is 0 Å². The van der Waals surface area contributed by atoms with Crippen molar-refractivity contribution < 1.29 is 19.4 Å². The van der Waals surface area contributed by atoms with E-state index in [-0.39, 0.29) is 0 Å². The largest absolute Gasteiger partial charge is 0.491 e. The van der Waals surface area contributed by atoms with Crippen molar-refractivity contribution >= 4 is 11.7 Å². The van der Waals surface area contributed by atoms with E-state index in [2.05, 4.69) is 5.32 Å². The number of methoxy groups -OCH3 is 1. The molecule has 0 fully saturated rings. The highest BCUT2D eigenvalue weighted by Crippen LogP contribution is 2.16. The Morgan fingerprint density at radius 1 is 1.33 bits per heavy atom. The van der Waals surface area contributed by atoms with Crippen molar-refractivity contribution in [2.45, 2.75) is 19.4 Å². The normalized spacial score (nSPS) is 11.9. The van der Waals surface area contributed by atoms with Crippen LogP contribution >= 0.6 is 0 Å². The number of ether oxygens (including phenoxy) is 2.